The van der Waals surface area contributed by atoms with Crippen molar-refractivity contribution >= 4 is 17.0 Å². The predicted molar refractivity (Wildman–Crippen MR) is 155 cm³/mol. The number of piperidine rings is 3. The third-order valence-corrected chi connectivity index (χ3v) is 11.4. The first kappa shape index (κ1) is 26.0. The van der Waals surface area contributed by atoms with Crippen LogP contribution in [0.15, 0.2) is 24.3 Å². The van der Waals surface area contributed by atoms with Gasteiger partial charge in [-0.25, -0.2) is 4.98 Å². The zero-order valence-corrected chi connectivity index (χ0v) is 23.7. The number of benzene rings is 1. The van der Waals surface area contributed by atoms with Crippen LogP contribution in [0.5, 0.6) is 0 Å². The second kappa shape index (κ2) is 11.2. The molecule has 1 N–H and O–H groups in total. The summed E-state index contributed by atoms with van der Waals surface area (Å²) in [5, 5.41) is 9.19. The topological polar surface area (TPSA) is 61.6 Å². The van der Waals surface area contributed by atoms with Crippen LogP contribution in [0.4, 0.5) is 0 Å². The molecule has 4 heterocycles. The van der Waals surface area contributed by atoms with Gasteiger partial charge in [0.1, 0.15) is 5.82 Å². The minimum absolute atomic E-state index is 0.176. The fraction of sp³-hybridized carbons (Fsp3) is 0.758. The maximum atomic E-state index is 11.2. The van der Waals surface area contributed by atoms with Crippen molar-refractivity contribution in [1.29, 1.82) is 0 Å². The number of nitrogens with zero attached hydrogens (tertiary/aromatic N) is 4. The molecule has 2 saturated carbocycles. The first-order valence-electron chi connectivity index (χ1n) is 16.3. The monoisotopic (exact) mass is 532 g/mol. The number of hydrogen-bond donors (Lipinski definition) is 1. The van der Waals surface area contributed by atoms with Crippen LogP contribution >= 0.6 is 0 Å². The van der Waals surface area contributed by atoms with Crippen molar-refractivity contribution in [2.75, 3.05) is 19.6 Å². The molecule has 0 radical (unpaired) electrons. The molecule has 4 bridgehead atoms. The molecule has 2 aromatic rings. The summed E-state index contributed by atoms with van der Waals surface area (Å²) >= 11 is 0. The van der Waals surface area contributed by atoms with Gasteiger partial charge in [-0.1, -0.05) is 44.2 Å². The van der Waals surface area contributed by atoms with Crippen LogP contribution in [0, 0.1) is 17.8 Å². The van der Waals surface area contributed by atoms with E-state index in [0.29, 0.717) is 12.0 Å². The molecule has 3 saturated heterocycles. The Balaban J connectivity index is 1.11. The Morgan fingerprint density at radius 3 is 2.18 bits per heavy atom. The third-order valence-electron chi connectivity index (χ3n) is 11.4. The molecule has 1 aromatic carbocycles. The minimum Gasteiger partial charge on any atom is -0.480 e. The SMILES string of the molecule is O=C(O)CN1CCC(Cc2nc3ccccc3n2C2C[C@H]3CCC[C@@H](C2)N3[C@@H]2C[C@@H]3CCCC[C@@H](C3)C2)CC1. The largest absolute Gasteiger partial charge is 0.480 e. The number of imidazole rings is 1. The van der Waals surface area contributed by atoms with Gasteiger partial charge >= 0.3 is 5.97 Å². The average Bonchev–Trinajstić information content (AvgIpc) is 3.19. The van der Waals surface area contributed by atoms with Crippen LogP contribution < -0.4 is 0 Å². The van der Waals surface area contributed by atoms with Crippen LogP contribution in [-0.4, -0.2) is 68.2 Å². The van der Waals surface area contributed by atoms with Crippen molar-refractivity contribution in [1.82, 2.24) is 19.4 Å². The molecule has 0 amide bonds. The normalized spacial score (nSPS) is 34.7. The lowest BCUT2D eigenvalue weighted by Gasteiger charge is -2.54. The van der Waals surface area contributed by atoms with Gasteiger partial charge in [0.15, 0.2) is 0 Å². The Labute approximate surface area is 234 Å². The zero-order chi connectivity index (χ0) is 26.3. The molecule has 2 aliphatic carbocycles. The number of carboxylic acid groups (broad SMARTS) is 1. The number of hydrogen-bond acceptors (Lipinski definition) is 4. The van der Waals surface area contributed by atoms with Gasteiger partial charge in [0.05, 0.1) is 17.6 Å². The molecule has 212 valence electrons. The van der Waals surface area contributed by atoms with E-state index in [0.717, 1.165) is 67.8 Å². The number of rotatable bonds is 6. The van der Waals surface area contributed by atoms with E-state index < -0.39 is 5.97 Å². The summed E-state index contributed by atoms with van der Waals surface area (Å²) in [6, 6.07) is 11.7. The van der Waals surface area contributed by atoms with Gasteiger partial charge in [-0.05, 0) is 101 Å². The van der Waals surface area contributed by atoms with Gasteiger partial charge < -0.3 is 9.67 Å². The van der Waals surface area contributed by atoms with Crippen molar-refractivity contribution in [2.45, 2.75) is 120 Å². The number of para-hydroxylation sites is 2. The number of likely N-dealkylation sites (tertiary alicyclic amines) is 1. The average molecular weight is 533 g/mol. The quantitative estimate of drug-likeness (QED) is 0.474. The van der Waals surface area contributed by atoms with Gasteiger partial charge in [-0.2, -0.15) is 0 Å². The lowest BCUT2D eigenvalue weighted by Crippen LogP contribution is -2.58. The lowest BCUT2D eigenvalue weighted by molar-refractivity contribution is -0.138. The van der Waals surface area contributed by atoms with Crippen molar-refractivity contribution in [3.8, 4) is 0 Å². The van der Waals surface area contributed by atoms with Gasteiger partial charge in [-0.15, -0.1) is 0 Å². The third kappa shape index (κ3) is 5.40. The highest BCUT2D eigenvalue weighted by atomic mass is 16.4. The van der Waals surface area contributed by atoms with Crippen LogP contribution in [0.3, 0.4) is 0 Å². The van der Waals surface area contributed by atoms with Crippen molar-refractivity contribution in [3.05, 3.63) is 30.1 Å². The molecule has 6 nitrogen and oxygen atoms in total. The molecule has 0 spiro atoms. The smallest absolute Gasteiger partial charge is 0.317 e. The Kier molecular flexibility index (Phi) is 7.44. The van der Waals surface area contributed by atoms with E-state index in [2.05, 4.69) is 38.6 Å². The highest BCUT2D eigenvalue weighted by Gasteiger charge is 2.45. The molecule has 1 unspecified atom stereocenters. The first-order valence-corrected chi connectivity index (χ1v) is 16.3. The first-order chi connectivity index (χ1) is 19.1. The molecule has 5 aliphatic rings. The highest BCUT2D eigenvalue weighted by molar-refractivity contribution is 5.76. The Morgan fingerprint density at radius 1 is 0.795 bits per heavy atom. The number of aromatic nitrogens is 2. The van der Waals surface area contributed by atoms with Crippen LogP contribution in [-0.2, 0) is 11.2 Å². The lowest BCUT2D eigenvalue weighted by atomic mass is 9.73. The summed E-state index contributed by atoms with van der Waals surface area (Å²) in [4.78, 5) is 21.6. The number of aliphatic carboxylic acids is 1. The van der Waals surface area contributed by atoms with E-state index in [-0.39, 0.29) is 6.54 Å². The van der Waals surface area contributed by atoms with Gasteiger partial charge in [0.2, 0.25) is 0 Å². The molecule has 3 aliphatic heterocycles. The molecule has 7 rings (SSSR count). The van der Waals surface area contributed by atoms with E-state index in [9.17, 15) is 9.90 Å². The molecule has 5 fully saturated rings. The zero-order valence-electron chi connectivity index (χ0n) is 23.7. The highest BCUT2D eigenvalue weighted by Crippen LogP contribution is 2.47. The molecule has 1 aromatic heterocycles. The maximum Gasteiger partial charge on any atom is 0.317 e. The molecular formula is C33H48N4O2. The van der Waals surface area contributed by atoms with Crippen molar-refractivity contribution in [2.24, 2.45) is 17.8 Å². The second-order valence-electron chi connectivity index (χ2n) is 13.9. The summed E-state index contributed by atoms with van der Waals surface area (Å²) < 4.78 is 2.68. The maximum absolute atomic E-state index is 11.2. The van der Waals surface area contributed by atoms with E-state index in [1.54, 1.807) is 0 Å². The Hall–Kier alpha value is -1.92. The second-order valence-corrected chi connectivity index (χ2v) is 13.9. The Morgan fingerprint density at radius 2 is 1.49 bits per heavy atom. The summed E-state index contributed by atoms with van der Waals surface area (Å²) in [6.45, 7) is 1.96. The van der Waals surface area contributed by atoms with Crippen LogP contribution in [0.1, 0.15) is 102 Å². The van der Waals surface area contributed by atoms with E-state index >= 15 is 0 Å². The Bertz CT molecular complexity index is 1130. The van der Waals surface area contributed by atoms with E-state index in [1.165, 1.54) is 88.4 Å². The van der Waals surface area contributed by atoms with Crippen LogP contribution in [0.2, 0.25) is 0 Å². The minimum atomic E-state index is -0.709. The molecular weight excluding hydrogens is 484 g/mol. The fourth-order valence-corrected chi connectivity index (χ4v) is 9.75. The van der Waals surface area contributed by atoms with Gasteiger partial charge in [0.25, 0.3) is 0 Å². The van der Waals surface area contributed by atoms with E-state index in [1.807, 2.05) is 0 Å². The van der Waals surface area contributed by atoms with E-state index in [4.69, 9.17) is 4.98 Å². The summed E-state index contributed by atoms with van der Waals surface area (Å²) in [7, 11) is 0. The van der Waals surface area contributed by atoms with Gasteiger partial charge in [0, 0.05) is 30.6 Å². The molecule has 39 heavy (non-hydrogen) atoms. The standard InChI is InChI=1S/C33H48N4O2/c38-33(39)22-35-14-12-23(13-15-35)19-32-34-30-10-3-4-11-31(30)37(32)29-20-26-8-5-9-27(21-29)36(26)28-17-24-6-1-2-7-25(16-24)18-28/h3-4,10-11,23-29H,1-2,5-9,12-22H2,(H,38,39)/t24-,25+,26-,27+,28-,29?. The summed E-state index contributed by atoms with van der Waals surface area (Å²) in [5.41, 5.74) is 2.48. The molecule has 6 atom stereocenters. The van der Waals surface area contributed by atoms with Crippen molar-refractivity contribution < 1.29 is 9.90 Å². The fourth-order valence-electron chi connectivity index (χ4n) is 9.75. The molecule has 6 heteroatoms. The summed E-state index contributed by atoms with van der Waals surface area (Å²) in [6.07, 6.45) is 20.3. The predicted octanol–water partition coefficient (Wildman–Crippen LogP) is 6.29. The summed E-state index contributed by atoms with van der Waals surface area (Å²) in [5.74, 6) is 3.14. The van der Waals surface area contributed by atoms with Crippen molar-refractivity contribution in [3.63, 3.8) is 0 Å². The number of fused-ring (bicyclic) bond motifs is 5. The number of carboxylic acids is 1. The number of carbonyl (C=O) groups is 1. The van der Waals surface area contributed by atoms with Gasteiger partial charge in [-0.3, -0.25) is 14.6 Å². The van der Waals surface area contributed by atoms with Crippen LogP contribution in [0.25, 0.3) is 11.0 Å².